The van der Waals surface area contributed by atoms with Crippen LogP contribution in [0.4, 0.5) is 0 Å². The molecule has 0 aliphatic carbocycles. The monoisotopic (exact) mass is 345 g/mol. The Hall–Kier alpha value is -2.08. The van der Waals surface area contributed by atoms with Crippen molar-refractivity contribution < 1.29 is 18.9 Å². The lowest BCUT2D eigenvalue weighted by Gasteiger charge is -2.20. The zero-order chi connectivity index (χ0) is 18.1. The largest absolute Gasteiger partial charge is 0.493 e. The van der Waals surface area contributed by atoms with Crippen molar-refractivity contribution in [1.29, 1.82) is 0 Å². The van der Waals surface area contributed by atoms with Crippen LogP contribution in [0.2, 0.25) is 0 Å². The lowest BCUT2D eigenvalue weighted by molar-refractivity contribution is -0.0997. The number of hydrogen-bond acceptors (Lipinski definition) is 5. The van der Waals surface area contributed by atoms with E-state index < -0.39 is 0 Å². The van der Waals surface area contributed by atoms with Gasteiger partial charge in [0.05, 0.1) is 7.11 Å². The first-order valence-electron chi connectivity index (χ1n) is 8.31. The van der Waals surface area contributed by atoms with Crippen molar-refractivity contribution in [3.05, 3.63) is 59.7 Å². The van der Waals surface area contributed by atoms with Gasteiger partial charge in [0, 0.05) is 26.8 Å². The molecule has 2 rings (SSSR count). The highest BCUT2D eigenvalue weighted by molar-refractivity contribution is 5.44. The Morgan fingerprint density at radius 3 is 2.28 bits per heavy atom. The average molecular weight is 345 g/mol. The van der Waals surface area contributed by atoms with E-state index >= 15 is 0 Å². The number of ether oxygens (including phenoxy) is 4. The average Bonchev–Trinajstić information content (AvgIpc) is 2.67. The topological polar surface area (TPSA) is 49.0 Å². The summed E-state index contributed by atoms with van der Waals surface area (Å²) in [7, 11) is 4.90. The summed E-state index contributed by atoms with van der Waals surface area (Å²) in [6.45, 7) is 3.18. The molecule has 0 fully saturated rings. The molecule has 0 aliphatic heterocycles. The van der Waals surface area contributed by atoms with Gasteiger partial charge < -0.3 is 24.3 Å². The van der Waals surface area contributed by atoms with Gasteiger partial charge in [0.1, 0.15) is 6.61 Å². The van der Waals surface area contributed by atoms with Gasteiger partial charge in [0.2, 0.25) is 0 Å². The molecular weight excluding hydrogens is 318 g/mol. The van der Waals surface area contributed by atoms with E-state index in [-0.39, 0.29) is 12.3 Å². The molecule has 0 saturated heterocycles. The van der Waals surface area contributed by atoms with Gasteiger partial charge in [-0.3, -0.25) is 0 Å². The maximum Gasteiger partial charge on any atom is 0.169 e. The van der Waals surface area contributed by atoms with Crippen molar-refractivity contribution in [2.24, 2.45) is 0 Å². The molecule has 1 unspecified atom stereocenters. The van der Waals surface area contributed by atoms with E-state index in [1.165, 1.54) is 0 Å². The fourth-order valence-corrected chi connectivity index (χ4v) is 2.46. The van der Waals surface area contributed by atoms with Crippen LogP contribution < -0.4 is 14.8 Å². The Morgan fingerprint density at radius 2 is 1.64 bits per heavy atom. The van der Waals surface area contributed by atoms with E-state index in [1.807, 2.05) is 48.5 Å². The molecule has 5 heteroatoms. The maximum absolute atomic E-state index is 5.97. The number of methoxy groups -OCH3 is 3. The third kappa shape index (κ3) is 5.74. The van der Waals surface area contributed by atoms with Crippen LogP contribution in [0.3, 0.4) is 0 Å². The number of rotatable bonds is 10. The standard InChI is InChI=1S/C20H27NO4/c1-15(21-13-20(23-3)24-4)17-10-11-18(22-2)19(12-17)25-14-16-8-6-5-7-9-16/h5-12,15,20-21H,13-14H2,1-4H3. The minimum atomic E-state index is -0.269. The third-order valence-corrected chi connectivity index (χ3v) is 4.04. The van der Waals surface area contributed by atoms with Crippen molar-refractivity contribution in [3.8, 4) is 11.5 Å². The smallest absolute Gasteiger partial charge is 0.169 e. The molecule has 0 amide bonds. The first kappa shape index (κ1) is 19.2. The maximum atomic E-state index is 5.97. The Balaban J connectivity index is 2.04. The molecule has 136 valence electrons. The summed E-state index contributed by atoms with van der Waals surface area (Å²) in [5, 5.41) is 3.39. The van der Waals surface area contributed by atoms with Crippen molar-refractivity contribution in [2.75, 3.05) is 27.9 Å². The lowest BCUT2D eigenvalue weighted by Crippen LogP contribution is -2.31. The summed E-state index contributed by atoms with van der Waals surface area (Å²) in [5.41, 5.74) is 2.22. The predicted molar refractivity (Wildman–Crippen MR) is 98.0 cm³/mol. The quantitative estimate of drug-likeness (QED) is 0.668. The second kappa shape index (κ2) is 10.0. The minimum Gasteiger partial charge on any atom is -0.493 e. The van der Waals surface area contributed by atoms with Gasteiger partial charge in [-0.05, 0) is 30.2 Å². The summed E-state index contributed by atoms with van der Waals surface area (Å²) in [6.07, 6.45) is -0.269. The number of nitrogens with one attached hydrogen (secondary N) is 1. The van der Waals surface area contributed by atoms with Crippen LogP contribution in [-0.4, -0.2) is 34.2 Å². The van der Waals surface area contributed by atoms with Gasteiger partial charge in [0.25, 0.3) is 0 Å². The van der Waals surface area contributed by atoms with Gasteiger partial charge in [-0.15, -0.1) is 0 Å². The minimum absolute atomic E-state index is 0.123. The molecule has 2 aromatic rings. The fourth-order valence-electron chi connectivity index (χ4n) is 2.46. The first-order chi connectivity index (χ1) is 12.2. The molecule has 1 N–H and O–H groups in total. The van der Waals surface area contributed by atoms with Gasteiger partial charge in [0.15, 0.2) is 17.8 Å². The Morgan fingerprint density at radius 1 is 0.920 bits per heavy atom. The lowest BCUT2D eigenvalue weighted by atomic mass is 10.1. The van der Waals surface area contributed by atoms with Crippen molar-refractivity contribution >= 4 is 0 Å². The number of benzene rings is 2. The molecule has 0 bridgehead atoms. The highest BCUT2D eigenvalue weighted by atomic mass is 16.7. The van der Waals surface area contributed by atoms with E-state index in [9.17, 15) is 0 Å². The molecule has 0 aromatic heterocycles. The summed E-state index contributed by atoms with van der Waals surface area (Å²) in [5.74, 6) is 1.45. The van der Waals surface area contributed by atoms with E-state index in [1.54, 1.807) is 21.3 Å². The van der Waals surface area contributed by atoms with Crippen LogP contribution in [0.15, 0.2) is 48.5 Å². The molecule has 0 radical (unpaired) electrons. The van der Waals surface area contributed by atoms with Crippen LogP contribution in [0, 0.1) is 0 Å². The SMILES string of the molecule is COc1ccc(C(C)NCC(OC)OC)cc1OCc1ccccc1. The van der Waals surface area contributed by atoms with E-state index in [2.05, 4.69) is 12.2 Å². The summed E-state index contributed by atoms with van der Waals surface area (Å²) in [4.78, 5) is 0. The van der Waals surface area contributed by atoms with Crippen LogP contribution in [-0.2, 0) is 16.1 Å². The summed E-state index contributed by atoms with van der Waals surface area (Å²) >= 11 is 0. The highest BCUT2D eigenvalue weighted by Crippen LogP contribution is 2.31. The first-order valence-corrected chi connectivity index (χ1v) is 8.31. The molecule has 5 nitrogen and oxygen atoms in total. The van der Waals surface area contributed by atoms with Crippen LogP contribution >= 0.6 is 0 Å². The zero-order valence-electron chi connectivity index (χ0n) is 15.3. The van der Waals surface area contributed by atoms with Crippen molar-refractivity contribution in [2.45, 2.75) is 25.9 Å². The zero-order valence-corrected chi connectivity index (χ0v) is 15.3. The van der Waals surface area contributed by atoms with Crippen molar-refractivity contribution in [3.63, 3.8) is 0 Å². The van der Waals surface area contributed by atoms with Crippen LogP contribution in [0.5, 0.6) is 11.5 Å². The van der Waals surface area contributed by atoms with Crippen LogP contribution in [0.1, 0.15) is 24.1 Å². The second-order valence-corrected chi connectivity index (χ2v) is 5.72. The van der Waals surface area contributed by atoms with E-state index in [4.69, 9.17) is 18.9 Å². The van der Waals surface area contributed by atoms with Gasteiger partial charge in [-0.1, -0.05) is 36.4 Å². The Kier molecular flexibility index (Phi) is 7.73. The molecule has 25 heavy (non-hydrogen) atoms. The Bertz CT molecular complexity index is 629. The predicted octanol–water partition coefficient (Wildman–Crippen LogP) is 3.54. The van der Waals surface area contributed by atoms with Gasteiger partial charge in [-0.25, -0.2) is 0 Å². The van der Waals surface area contributed by atoms with Crippen LogP contribution in [0.25, 0.3) is 0 Å². The van der Waals surface area contributed by atoms with Gasteiger partial charge in [-0.2, -0.15) is 0 Å². The molecular formula is C20H27NO4. The third-order valence-electron chi connectivity index (χ3n) is 4.04. The van der Waals surface area contributed by atoms with E-state index in [0.29, 0.717) is 13.2 Å². The molecule has 0 aliphatic rings. The number of hydrogen-bond donors (Lipinski definition) is 1. The molecule has 0 saturated carbocycles. The van der Waals surface area contributed by atoms with Gasteiger partial charge >= 0.3 is 0 Å². The second-order valence-electron chi connectivity index (χ2n) is 5.72. The Labute approximate surface area is 149 Å². The van der Waals surface area contributed by atoms with E-state index in [0.717, 1.165) is 22.6 Å². The normalized spacial score (nSPS) is 12.2. The molecule has 1 atom stereocenters. The molecule has 0 spiro atoms. The summed E-state index contributed by atoms with van der Waals surface area (Å²) in [6, 6.07) is 16.2. The fraction of sp³-hybridized carbons (Fsp3) is 0.400. The molecule has 2 aromatic carbocycles. The van der Waals surface area contributed by atoms with Crippen molar-refractivity contribution in [1.82, 2.24) is 5.32 Å². The molecule has 0 heterocycles. The summed E-state index contributed by atoms with van der Waals surface area (Å²) < 4.78 is 21.8. The highest BCUT2D eigenvalue weighted by Gasteiger charge is 2.13.